The zero-order chi connectivity index (χ0) is 25.2. The van der Waals surface area contributed by atoms with Gasteiger partial charge in [-0.15, -0.1) is 0 Å². The number of hydrogen-bond donors (Lipinski definition) is 6. The highest BCUT2D eigenvalue weighted by atomic mass is 16.4. The lowest BCUT2D eigenvalue weighted by atomic mass is 9.96. The number of carbonyl (C=O) groups is 5. The molecule has 0 saturated heterocycles. The Morgan fingerprint density at radius 2 is 1.28 bits per heavy atom. The van der Waals surface area contributed by atoms with E-state index >= 15 is 0 Å². The number of carbonyl (C=O) groups excluding carboxylic acids is 4. The van der Waals surface area contributed by atoms with Gasteiger partial charge in [-0.3, -0.25) is 19.2 Å². The van der Waals surface area contributed by atoms with Crippen LogP contribution in [0.3, 0.4) is 0 Å². The molecule has 6 atom stereocenters. The van der Waals surface area contributed by atoms with Gasteiger partial charge in [-0.25, -0.2) is 4.79 Å². The fraction of sp³-hybridized carbons (Fsp3) is 0.762. The van der Waals surface area contributed by atoms with Crippen LogP contribution in [0.15, 0.2) is 0 Å². The van der Waals surface area contributed by atoms with Gasteiger partial charge < -0.3 is 32.5 Å². The Labute approximate surface area is 189 Å². The molecule has 0 aliphatic carbocycles. The fourth-order valence-corrected chi connectivity index (χ4v) is 2.90. The van der Waals surface area contributed by atoms with Crippen LogP contribution in [0.4, 0.5) is 0 Å². The molecular weight excluding hydrogens is 418 g/mol. The molecule has 32 heavy (non-hydrogen) atoms. The number of aliphatic carboxylic acids is 1. The Kier molecular flexibility index (Phi) is 12.5. The molecule has 11 nitrogen and oxygen atoms in total. The monoisotopic (exact) mass is 457 g/mol. The van der Waals surface area contributed by atoms with Crippen molar-refractivity contribution in [2.24, 2.45) is 29.2 Å². The van der Waals surface area contributed by atoms with Gasteiger partial charge in [-0.1, -0.05) is 54.4 Å². The Balaban J connectivity index is 5.61. The quantitative estimate of drug-likeness (QED) is 0.202. The molecule has 184 valence electrons. The molecule has 0 fully saturated rings. The lowest BCUT2D eigenvalue weighted by Gasteiger charge is -2.29. The molecule has 0 rings (SSSR count). The second-order valence-electron chi connectivity index (χ2n) is 8.58. The number of primary amides is 1. The SMILES string of the molecule is CCC(C)C(N)C(=O)NC(CC(N)=O)C(=O)NC(C(=O)NC(C(=O)O)C(C)C)C(C)CC. The maximum atomic E-state index is 12.9. The van der Waals surface area contributed by atoms with E-state index in [9.17, 15) is 29.1 Å². The van der Waals surface area contributed by atoms with Gasteiger partial charge in [0.15, 0.2) is 0 Å². The van der Waals surface area contributed by atoms with Crippen LogP contribution in [-0.4, -0.2) is 58.9 Å². The first-order valence-electron chi connectivity index (χ1n) is 10.9. The summed E-state index contributed by atoms with van der Waals surface area (Å²) in [5, 5.41) is 16.8. The minimum atomic E-state index is -1.32. The number of carboxylic acids is 1. The first-order valence-corrected chi connectivity index (χ1v) is 10.9. The molecule has 8 N–H and O–H groups in total. The van der Waals surface area contributed by atoms with Gasteiger partial charge >= 0.3 is 5.97 Å². The van der Waals surface area contributed by atoms with Crippen molar-refractivity contribution < 1.29 is 29.1 Å². The molecule has 0 heterocycles. The zero-order valence-electron chi connectivity index (χ0n) is 19.8. The average Bonchev–Trinajstić information content (AvgIpc) is 2.72. The standard InChI is InChI=1S/C21H39N5O6/c1-7-11(5)15(23)19(29)24-13(9-14(22)27)18(28)26-17(12(6)8-2)20(30)25-16(10(3)4)21(31)32/h10-13,15-17H,7-9,23H2,1-6H3,(H2,22,27)(H,24,29)(H,25,30)(H,26,28)(H,31,32). The van der Waals surface area contributed by atoms with Crippen molar-refractivity contribution >= 4 is 29.6 Å². The summed E-state index contributed by atoms with van der Waals surface area (Å²) in [4.78, 5) is 61.1. The van der Waals surface area contributed by atoms with E-state index in [1.165, 1.54) is 0 Å². The molecule has 0 aliphatic rings. The Morgan fingerprint density at radius 1 is 0.781 bits per heavy atom. The second kappa shape index (κ2) is 13.7. The molecule has 0 spiro atoms. The van der Waals surface area contributed by atoms with E-state index in [1.807, 2.05) is 13.8 Å². The minimum absolute atomic E-state index is 0.157. The van der Waals surface area contributed by atoms with Crippen molar-refractivity contribution in [1.29, 1.82) is 0 Å². The highest BCUT2D eigenvalue weighted by Crippen LogP contribution is 2.11. The highest BCUT2D eigenvalue weighted by Gasteiger charge is 2.34. The number of rotatable bonds is 14. The van der Waals surface area contributed by atoms with E-state index in [1.54, 1.807) is 27.7 Å². The molecular formula is C21H39N5O6. The van der Waals surface area contributed by atoms with Gasteiger partial charge in [-0.05, 0) is 17.8 Å². The maximum absolute atomic E-state index is 12.9. The third-order valence-electron chi connectivity index (χ3n) is 5.62. The van der Waals surface area contributed by atoms with Crippen LogP contribution in [0.5, 0.6) is 0 Å². The number of hydrogen-bond acceptors (Lipinski definition) is 6. The maximum Gasteiger partial charge on any atom is 0.326 e. The first kappa shape index (κ1) is 29.3. The number of nitrogens with one attached hydrogen (secondary N) is 3. The van der Waals surface area contributed by atoms with E-state index in [4.69, 9.17) is 11.5 Å². The van der Waals surface area contributed by atoms with Gasteiger partial charge in [-0.2, -0.15) is 0 Å². The van der Waals surface area contributed by atoms with E-state index in [-0.39, 0.29) is 17.8 Å². The van der Waals surface area contributed by atoms with E-state index < -0.39 is 60.2 Å². The van der Waals surface area contributed by atoms with Crippen LogP contribution in [0, 0.1) is 17.8 Å². The molecule has 0 aliphatic heterocycles. The molecule has 0 radical (unpaired) electrons. The Hall–Kier alpha value is -2.69. The molecule has 0 aromatic heterocycles. The summed E-state index contributed by atoms with van der Waals surface area (Å²) in [5.74, 6) is -4.98. The predicted octanol–water partition coefficient (Wildman–Crippen LogP) is -0.524. The van der Waals surface area contributed by atoms with Crippen LogP contribution in [0.2, 0.25) is 0 Å². The topological polar surface area (TPSA) is 194 Å². The Bertz CT molecular complexity index is 684. The molecule has 0 aromatic carbocycles. The minimum Gasteiger partial charge on any atom is -0.480 e. The van der Waals surface area contributed by atoms with Crippen LogP contribution in [0.1, 0.15) is 60.8 Å². The van der Waals surface area contributed by atoms with E-state index in [0.717, 1.165) is 0 Å². The smallest absolute Gasteiger partial charge is 0.326 e. The lowest BCUT2D eigenvalue weighted by molar-refractivity contribution is -0.144. The molecule has 4 amide bonds. The largest absolute Gasteiger partial charge is 0.480 e. The molecule has 0 aromatic rings. The summed E-state index contributed by atoms with van der Waals surface area (Å²) in [5.41, 5.74) is 11.1. The van der Waals surface area contributed by atoms with Crippen LogP contribution >= 0.6 is 0 Å². The average molecular weight is 458 g/mol. The van der Waals surface area contributed by atoms with E-state index in [2.05, 4.69) is 16.0 Å². The zero-order valence-corrected chi connectivity index (χ0v) is 19.8. The normalized spacial score (nSPS) is 16.8. The van der Waals surface area contributed by atoms with Crippen molar-refractivity contribution in [2.75, 3.05) is 0 Å². The van der Waals surface area contributed by atoms with Gasteiger partial charge in [0.1, 0.15) is 18.1 Å². The summed E-state index contributed by atoms with van der Waals surface area (Å²) in [7, 11) is 0. The third kappa shape index (κ3) is 9.21. The predicted molar refractivity (Wildman–Crippen MR) is 119 cm³/mol. The molecule has 0 bridgehead atoms. The highest BCUT2D eigenvalue weighted by molar-refractivity contribution is 5.96. The second-order valence-corrected chi connectivity index (χ2v) is 8.58. The molecule has 11 heteroatoms. The number of nitrogens with two attached hydrogens (primary N) is 2. The number of amides is 4. The molecule has 0 saturated carbocycles. The summed E-state index contributed by atoms with van der Waals surface area (Å²) in [6.07, 6.45) is 0.658. The van der Waals surface area contributed by atoms with Crippen molar-refractivity contribution in [2.45, 2.75) is 85.0 Å². The fourth-order valence-electron chi connectivity index (χ4n) is 2.90. The lowest BCUT2D eigenvalue weighted by Crippen LogP contribution is -2.60. The van der Waals surface area contributed by atoms with Crippen LogP contribution in [-0.2, 0) is 24.0 Å². The summed E-state index contributed by atoms with van der Waals surface area (Å²) in [6, 6.07) is -4.43. The summed E-state index contributed by atoms with van der Waals surface area (Å²) in [6.45, 7) is 10.5. The van der Waals surface area contributed by atoms with Gasteiger partial charge in [0.05, 0.1) is 12.5 Å². The van der Waals surface area contributed by atoms with Crippen LogP contribution < -0.4 is 27.4 Å². The van der Waals surface area contributed by atoms with Crippen molar-refractivity contribution in [1.82, 2.24) is 16.0 Å². The Morgan fingerprint density at radius 3 is 1.69 bits per heavy atom. The van der Waals surface area contributed by atoms with Crippen LogP contribution in [0.25, 0.3) is 0 Å². The van der Waals surface area contributed by atoms with E-state index in [0.29, 0.717) is 12.8 Å². The van der Waals surface area contributed by atoms with Gasteiger partial charge in [0.25, 0.3) is 0 Å². The van der Waals surface area contributed by atoms with Crippen molar-refractivity contribution in [3.63, 3.8) is 0 Å². The molecule has 6 unspecified atom stereocenters. The number of carboxylic acid groups (broad SMARTS) is 1. The summed E-state index contributed by atoms with van der Waals surface area (Å²) < 4.78 is 0. The van der Waals surface area contributed by atoms with Crippen molar-refractivity contribution in [3.05, 3.63) is 0 Å². The first-order chi connectivity index (χ1) is 14.8. The van der Waals surface area contributed by atoms with Crippen molar-refractivity contribution in [3.8, 4) is 0 Å². The van der Waals surface area contributed by atoms with Gasteiger partial charge in [0.2, 0.25) is 23.6 Å². The van der Waals surface area contributed by atoms with Gasteiger partial charge in [0, 0.05) is 0 Å². The third-order valence-corrected chi connectivity index (χ3v) is 5.62. The summed E-state index contributed by atoms with van der Waals surface area (Å²) >= 11 is 0.